The van der Waals surface area contributed by atoms with Crippen LogP contribution >= 0.6 is 0 Å². The maximum atomic E-state index is 6.09. The Balaban J connectivity index is 1.95. The van der Waals surface area contributed by atoms with Crippen LogP contribution in [0, 0.1) is 11.3 Å². The molecule has 2 fully saturated rings. The number of hydrogen-bond acceptors (Lipinski definition) is 3. The minimum absolute atomic E-state index is 0.244. The van der Waals surface area contributed by atoms with Gasteiger partial charge in [0.1, 0.15) is 0 Å². The first-order chi connectivity index (χ1) is 8.91. The summed E-state index contributed by atoms with van der Waals surface area (Å²) in [7, 11) is 1.82. The van der Waals surface area contributed by atoms with E-state index in [0.717, 1.165) is 25.3 Å². The molecule has 1 saturated carbocycles. The molecule has 0 aromatic carbocycles. The van der Waals surface area contributed by atoms with Gasteiger partial charge in [-0.25, -0.2) is 0 Å². The summed E-state index contributed by atoms with van der Waals surface area (Å²) in [4.78, 5) is 2.67. The van der Waals surface area contributed by atoms with Crippen molar-refractivity contribution in [2.75, 3.05) is 26.7 Å². The van der Waals surface area contributed by atoms with Gasteiger partial charge >= 0.3 is 0 Å². The zero-order valence-corrected chi connectivity index (χ0v) is 13.2. The van der Waals surface area contributed by atoms with Crippen LogP contribution in [0.1, 0.15) is 52.9 Å². The molecule has 2 rings (SSSR count). The molecule has 1 heterocycles. The number of ether oxygens (including phenoxy) is 1. The number of rotatable bonds is 3. The second-order valence-electron chi connectivity index (χ2n) is 7.68. The molecule has 1 aliphatic carbocycles. The average Bonchev–Trinajstić information content (AvgIpc) is 2.54. The van der Waals surface area contributed by atoms with Crippen molar-refractivity contribution in [2.45, 2.75) is 64.5 Å². The number of likely N-dealkylation sites (tertiary alicyclic amines) is 1. The predicted octanol–water partition coefficient (Wildman–Crippen LogP) is 2.64. The highest BCUT2D eigenvalue weighted by atomic mass is 16.5. The molecule has 0 spiro atoms. The molecular formula is C16H32N2O. The van der Waals surface area contributed by atoms with Crippen molar-refractivity contribution >= 4 is 0 Å². The van der Waals surface area contributed by atoms with Crippen LogP contribution in [0.2, 0.25) is 0 Å². The molecule has 1 aliphatic heterocycles. The standard InChI is InChI=1S/C16H32N2O/c1-15(2,3)13-6-5-8-18(9-7-13)16(12-17)10-14(11-16)19-4/h13-14H,5-12,17H2,1-4H3. The molecule has 0 aromatic heterocycles. The molecule has 2 N–H and O–H groups in total. The molecule has 1 saturated heterocycles. The maximum absolute atomic E-state index is 6.09. The third kappa shape index (κ3) is 3.14. The van der Waals surface area contributed by atoms with E-state index in [2.05, 4.69) is 25.7 Å². The molecule has 112 valence electrons. The van der Waals surface area contributed by atoms with Crippen LogP contribution in [0.3, 0.4) is 0 Å². The Morgan fingerprint density at radius 3 is 2.42 bits per heavy atom. The third-order valence-electron chi connectivity index (χ3n) is 5.55. The van der Waals surface area contributed by atoms with Crippen LogP contribution in [0.15, 0.2) is 0 Å². The summed E-state index contributed by atoms with van der Waals surface area (Å²) in [5.74, 6) is 0.852. The van der Waals surface area contributed by atoms with Gasteiger partial charge < -0.3 is 10.5 Å². The number of nitrogens with two attached hydrogens (primary N) is 1. The van der Waals surface area contributed by atoms with Crippen LogP contribution in [-0.2, 0) is 4.74 Å². The van der Waals surface area contributed by atoms with Crippen LogP contribution < -0.4 is 5.73 Å². The zero-order valence-electron chi connectivity index (χ0n) is 13.2. The minimum atomic E-state index is 0.244. The van der Waals surface area contributed by atoms with Crippen molar-refractivity contribution < 1.29 is 4.74 Å². The fourth-order valence-electron chi connectivity index (χ4n) is 3.95. The summed E-state index contributed by atoms with van der Waals surface area (Å²) in [5.41, 5.74) is 6.78. The predicted molar refractivity (Wildman–Crippen MR) is 80.2 cm³/mol. The Bertz CT molecular complexity index is 292. The van der Waals surface area contributed by atoms with Gasteiger partial charge in [0.2, 0.25) is 0 Å². The lowest BCUT2D eigenvalue weighted by Crippen LogP contribution is -2.64. The normalized spacial score (nSPS) is 37.7. The first-order valence-electron chi connectivity index (χ1n) is 7.89. The smallest absolute Gasteiger partial charge is 0.0607 e. The molecule has 3 heteroatoms. The molecule has 3 nitrogen and oxygen atoms in total. The lowest BCUT2D eigenvalue weighted by molar-refractivity contribution is -0.0867. The van der Waals surface area contributed by atoms with Gasteiger partial charge in [0.25, 0.3) is 0 Å². The second kappa shape index (κ2) is 5.71. The van der Waals surface area contributed by atoms with E-state index in [9.17, 15) is 0 Å². The summed E-state index contributed by atoms with van der Waals surface area (Å²) >= 11 is 0. The number of nitrogens with zero attached hydrogens (tertiary/aromatic N) is 1. The minimum Gasteiger partial charge on any atom is -0.381 e. The Kier molecular flexibility index (Phi) is 4.59. The molecule has 1 atom stereocenters. The van der Waals surface area contributed by atoms with Gasteiger partial charge in [0.15, 0.2) is 0 Å². The van der Waals surface area contributed by atoms with Crippen molar-refractivity contribution in [1.29, 1.82) is 0 Å². The van der Waals surface area contributed by atoms with Crippen molar-refractivity contribution in [3.8, 4) is 0 Å². The van der Waals surface area contributed by atoms with E-state index in [1.165, 1.54) is 32.4 Å². The second-order valence-corrected chi connectivity index (χ2v) is 7.68. The molecule has 0 aromatic rings. The maximum Gasteiger partial charge on any atom is 0.0607 e. The zero-order chi connectivity index (χ0) is 14.1. The summed E-state index contributed by atoms with van der Waals surface area (Å²) in [5, 5.41) is 0. The largest absolute Gasteiger partial charge is 0.381 e. The van der Waals surface area contributed by atoms with Crippen molar-refractivity contribution in [1.82, 2.24) is 4.90 Å². The van der Waals surface area contributed by atoms with Crippen molar-refractivity contribution in [2.24, 2.45) is 17.1 Å². The monoisotopic (exact) mass is 268 g/mol. The molecular weight excluding hydrogens is 236 g/mol. The van der Waals surface area contributed by atoms with E-state index >= 15 is 0 Å². The highest BCUT2D eigenvalue weighted by molar-refractivity contribution is 5.05. The quantitative estimate of drug-likeness (QED) is 0.855. The molecule has 0 amide bonds. The van der Waals surface area contributed by atoms with Crippen LogP contribution in [0.5, 0.6) is 0 Å². The SMILES string of the molecule is COC1CC(CN)(N2CCCC(C(C)(C)C)CC2)C1. The highest BCUT2D eigenvalue weighted by Crippen LogP contribution is 2.42. The van der Waals surface area contributed by atoms with E-state index in [0.29, 0.717) is 11.5 Å². The lowest BCUT2D eigenvalue weighted by Gasteiger charge is -2.53. The summed E-state index contributed by atoms with van der Waals surface area (Å²) in [6.07, 6.45) is 6.70. The van der Waals surface area contributed by atoms with E-state index in [1.54, 1.807) is 0 Å². The fraction of sp³-hybridized carbons (Fsp3) is 1.00. The third-order valence-corrected chi connectivity index (χ3v) is 5.55. The van der Waals surface area contributed by atoms with Crippen LogP contribution in [0.4, 0.5) is 0 Å². The Labute approximate surface area is 118 Å². The van der Waals surface area contributed by atoms with E-state index in [4.69, 9.17) is 10.5 Å². The Morgan fingerprint density at radius 2 is 1.89 bits per heavy atom. The number of hydrogen-bond donors (Lipinski definition) is 1. The van der Waals surface area contributed by atoms with Gasteiger partial charge in [0.05, 0.1) is 6.10 Å². The molecule has 0 bridgehead atoms. The first kappa shape index (κ1) is 15.3. The summed E-state index contributed by atoms with van der Waals surface area (Å²) < 4.78 is 5.46. The molecule has 1 unspecified atom stereocenters. The topological polar surface area (TPSA) is 38.5 Å². The summed E-state index contributed by atoms with van der Waals surface area (Å²) in [6.45, 7) is 10.4. The van der Waals surface area contributed by atoms with Gasteiger partial charge in [-0.05, 0) is 56.5 Å². The average molecular weight is 268 g/mol. The Morgan fingerprint density at radius 1 is 1.21 bits per heavy atom. The van der Waals surface area contributed by atoms with Gasteiger partial charge in [-0.2, -0.15) is 0 Å². The van der Waals surface area contributed by atoms with Crippen molar-refractivity contribution in [3.63, 3.8) is 0 Å². The van der Waals surface area contributed by atoms with Gasteiger partial charge in [-0.1, -0.05) is 20.8 Å². The van der Waals surface area contributed by atoms with Gasteiger partial charge in [0, 0.05) is 19.2 Å². The van der Waals surface area contributed by atoms with E-state index in [-0.39, 0.29) is 5.54 Å². The lowest BCUT2D eigenvalue weighted by atomic mass is 9.72. The van der Waals surface area contributed by atoms with Crippen molar-refractivity contribution in [3.05, 3.63) is 0 Å². The molecule has 2 aliphatic rings. The first-order valence-corrected chi connectivity index (χ1v) is 7.89. The van der Waals surface area contributed by atoms with Gasteiger partial charge in [-0.3, -0.25) is 4.90 Å². The molecule has 0 radical (unpaired) electrons. The summed E-state index contributed by atoms with van der Waals surface area (Å²) in [6, 6.07) is 0. The van der Waals surface area contributed by atoms with E-state index < -0.39 is 0 Å². The highest BCUT2D eigenvalue weighted by Gasteiger charge is 2.48. The van der Waals surface area contributed by atoms with Gasteiger partial charge in [-0.15, -0.1) is 0 Å². The van der Waals surface area contributed by atoms with E-state index in [1.807, 2.05) is 7.11 Å². The Hall–Kier alpha value is -0.120. The molecule has 19 heavy (non-hydrogen) atoms. The van der Waals surface area contributed by atoms with Crippen LogP contribution in [-0.4, -0.2) is 43.3 Å². The van der Waals surface area contributed by atoms with Crippen LogP contribution in [0.25, 0.3) is 0 Å². The number of methoxy groups -OCH3 is 1. The fourth-order valence-corrected chi connectivity index (χ4v) is 3.95.